The first kappa shape index (κ1) is 11.4. The van der Waals surface area contributed by atoms with Crippen LogP contribution < -0.4 is 0 Å². The van der Waals surface area contributed by atoms with Crippen LogP contribution in [0.5, 0.6) is 0 Å². The highest BCUT2D eigenvalue weighted by Crippen LogP contribution is 2.40. The molecule has 0 bridgehead atoms. The van der Waals surface area contributed by atoms with Crippen LogP contribution in [0.25, 0.3) is 0 Å². The van der Waals surface area contributed by atoms with Gasteiger partial charge in [-0.3, -0.25) is 4.79 Å². The van der Waals surface area contributed by atoms with Crippen LogP contribution in [-0.2, 0) is 4.79 Å². The Morgan fingerprint density at radius 2 is 2.07 bits per heavy atom. The van der Waals surface area contributed by atoms with Crippen molar-refractivity contribution in [1.82, 2.24) is 4.90 Å². The van der Waals surface area contributed by atoms with Crippen LogP contribution in [-0.4, -0.2) is 28.7 Å². The van der Waals surface area contributed by atoms with Gasteiger partial charge in [-0.05, 0) is 25.7 Å². The minimum atomic E-state index is -0.0369. The van der Waals surface area contributed by atoms with Gasteiger partial charge in [0.2, 0.25) is 5.91 Å². The molecule has 1 saturated carbocycles. The normalized spacial score (nSPS) is 29.7. The van der Waals surface area contributed by atoms with Gasteiger partial charge in [-0.15, -0.1) is 0 Å². The number of likely N-dealkylation sites (tertiary alicyclic amines) is 1. The van der Waals surface area contributed by atoms with Gasteiger partial charge in [0.15, 0.2) is 0 Å². The molecule has 3 heteroatoms. The first-order chi connectivity index (χ1) is 7.17. The number of hydrogen-bond donors (Lipinski definition) is 0. The van der Waals surface area contributed by atoms with Gasteiger partial charge in [0.25, 0.3) is 0 Å². The number of amides is 1. The molecule has 1 aliphatic carbocycles. The Balaban J connectivity index is 2.06. The van der Waals surface area contributed by atoms with Gasteiger partial charge in [-0.1, -0.05) is 35.7 Å². The molecule has 0 N–H and O–H groups in total. The van der Waals surface area contributed by atoms with Crippen LogP contribution in [0.3, 0.4) is 0 Å². The quantitative estimate of drug-likeness (QED) is 0.709. The first-order valence-electron chi connectivity index (χ1n) is 6.04. The molecule has 2 rings (SSSR count). The summed E-state index contributed by atoms with van der Waals surface area (Å²) in [5, 5.41) is 0.939. The third kappa shape index (κ3) is 2.08. The highest BCUT2D eigenvalue weighted by atomic mass is 79.9. The Labute approximate surface area is 101 Å². The molecule has 2 fully saturated rings. The zero-order valence-electron chi connectivity index (χ0n) is 9.47. The zero-order chi connectivity index (χ0) is 10.9. The molecule has 1 atom stereocenters. The number of halogens is 1. The van der Waals surface area contributed by atoms with Crippen LogP contribution in [0.4, 0.5) is 0 Å². The van der Waals surface area contributed by atoms with E-state index < -0.39 is 0 Å². The Kier molecular flexibility index (Phi) is 3.39. The molecule has 1 amide bonds. The van der Waals surface area contributed by atoms with E-state index in [0.29, 0.717) is 11.9 Å². The second-order valence-corrected chi connectivity index (χ2v) is 5.86. The fourth-order valence-electron chi connectivity index (χ4n) is 2.98. The van der Waals surface area contributed by atoms with Crippen molar-refractivity contribution in [3.8, 4) is 0 Å². The molecule has 0 aromatic heterocycles. The van der Waals surface area contributed by atoms with Crippen molar-refractivity contribution in [2.75, 3.05) is 11.9 Å². The molecule has 0 spiro atoms. The molecule has 2 nitrogen and oxygen atoms in total. The summed E-state index contributed by atoms with van der Waals surface area (Å²) in [7, 11) is 0. The minimum Gasteiger partial charge on any atom is -0.338 e. The average molecular weight is 274 g/mol. The van der Waals surface area contributed by atoms with Crippen LogP contribution in [0.15, 0.2) is 0 Å². The number of rotatable bonds is 2. The number of carbonyl (C=O) groups is 1. The van der Waals surface area contributed by atoms with Crippen molar-refractivity contribution in [3.63, 3.8) is 0 Å². The smallest absolute Gasteiger partial charge is 0.228 e. The molecule has 0 aromatic carbocycles. The van der Waals surface area contributed by atoms with Crippen molar-refractivity contribution in [2.24, 2.45) is 5.41 Å². The molecule has 0 aromatic rings. The van der Waals surface area contributed by atoms with Gasteiger partial charge in [0.1, 0.15) is 0 Å². The number of carbonyl (C=O) groups excluding carboxylic acids is 1. The predicted molar refractivity (Wildman–Crippen MR) is 65.1 cm³/mol. The van der Waals surface area contributed by atoms with Crippen molar-refractivity contribution in [2.45, 2.75) is 51.5 Å². The van der Waals surface area contributed by atoms with Crippen LogP contribution in [0.1, 0.15) is 45.4 Å². The Bertz CT molecular complexity index is 248. The molecular formula is C12H20BrNO. The van der Waals surface area contributed by atoms with E-state index >= 15 is 0 Å². The van der Waals surface area contributed by atoms with Crippen molar-refractivity contribution in [3.05, 3.63) is 0 Å². The Hall–Kier alpha value is -0.0500. The summed E-state index contributed by atoms with van der Waals surface area (Å²) in [6, 6.07) is 0.454. The van der Waals surface area contributed by atoms with E-state index in [0.717, 1.165) is 24.7 Å². The number of alkyl halides is 1. The van der Waals surface area contributed by atoms with E-state index in [2.05, 4.69) is 27.8 Å². The summed E-state index contributed by atoms with van der Waals surface area (Å²) >= 11 is 3.52. The fraction of sp³-hybridized carbons (Fsp3) is 0.917. The summed E-state index contributed by atoms with van der Waals surface area (Å²) < 4.78 is 0. The molecule has 86 valence electrons. The zero-order valence-corrected chi connectivity index (χ0v) is 11.1. The van der Waals surface area contributed by atoms with Crippen molar-refractivity contribution >= 4 is 21.8 Å². The third-order valence-electron chi connectivity index (χ3n) is 4.04. The van der Waals surface area contributed by atoms with E-state index in [-0.39, 0.29) is 5.41 Å². The molecule has 15 heavy (non-hydrogen) atoms. The summed E-state index contributed by atoms with van der Waals surface area (Å²) in [5.74, 6) is 0.418. The van der Waals surface area contributed by atoms with Gasteiger partial charge in [0, 0.05) is 23.3 Å². The van der Waals surface area contributed by atoms with E-state index in [4.69, 9.17) is 0 Å². The molecule has 1 saturated heterocycles. The topological polar surface area (TPSA) is 20.3 Å². The lowest BCUT2D eigenvalue weighted by atomic mass is 9.87. The lowest BCUT2D eigenvalue weighted by molar-refractivity contribution is -0.141. The SMILES string of the molecule is CC1(C(=O)N2CCCC2CBr)CCCC1. The lowest BCUT2D eigenvalue weighted by Gasteiger charge is -2.32. The molecule has 2 aliphatic rings. The van der Waals surface area contributed by atoms with E-state index in [9.17, 15) is 4.79 Å². The lowest BCUT2D eigenvalue weighted by Crippen LogP contribution is -2.44. The second kappa shape index (κ2) is 4.44. The van der Waals surface area contributed by atoms with Crippen molar-refractivity contribution < 1.29 is 4.79 Å². The van der Waals surface area contributed by atoms with Gasteiger partial charge in [-0.2, -0.15) is 0 Å². The fourth-order valence-corrected chi connectivity index (χ4v) is 3.65. The first-order valence-corrected chi connectivity index (χ1v) is 7.16. The largest absolute Gasteiger partial charge is 0.338 e. The number of hydrogen-bond acceptors (Lipinski definition) is 1. The Morgan fingerprint density at radius 1 is 1.40 bits per heavy atom. The van der Waals surface area contributed by atoms with Crippen LogP contribution in [0.2, 0.25) is 0 Å². The van der Waals surface area contributed by atoms with E-state index in [1.165, 1.54) is 25.7 Å². The van der Waals surface area contributed by atoms with Gasteiger partial charge in [0.05, 0.1) is 0 Å². The minimum absolute atomic E-state index is 0.0369. The summed E-state index contributed by atoms with van der Waals surface area (Å²) in [6.45, 7) is 3.14. The standard InChI is InChI=1S/C12H20BrNO/c1-12(6-2-3-7-12)11(15)14-8-4-5-10(14)9-13/h10H,2-9H2,1H3. The predicted octanol–water partition coefficient (Wildman–Crippen LogP) is 2.95. The van der Waals surface area contributed by atoms with E-state index in [1.807, 2.05) is 0 Å². The molecule has 1 aliphatic heterocycles. The Morgan fingerprint density at radius 3 is 2.67 bits per heavy atom. The van der Waals surface area contributed by atoms with E-state index in [1.54, 1.807) is 0 Å². The summed E-state index contributed by atoms with van der Waals surface area (Å²) in [4.78, 5) is 14.6. The van der Waals surface area contributed by atoms with Crippen LogP contribution >= 0.6 is 15.9 Å². The maximum atomic E-state index is 12.4. The van der Waals surface area contributed by atoms with Crippen molar-refractivity contribution in [1.29, 1.82) is 0 Å². The monoisotopic (exact) mass is 273 g/mol. The van der Waals surface area contributed by atoms with Gasteiger partial charge in [-0.25, -0.2) is 0 Å². The molecule has 1 heterocycles. The molecule has 0 radical (unpaired) electrons. The number of nitrogens with zero attached hydrogens (tertiary/aromatic N) is 1. The maximum absolute atomic E-state index is 12.4. The highest BCUT2D eigenvalue weighted by molar-refractivity contribution is 9.09. The third-order valence-corrected chi connectivity index (χ3v) is 4.79. The average Bonchev–Trinajstić information content (AvgIpc) is 2.85. The van der Waals surface area contributed by atoms with Crippen LogP contribution in [0, 0.1) is 5.41 Å². The maximum Gasteiger partial charge on any atom is 0.228 e. The molecule has 1 unspecified atom stereocenters. The summed E-state index contributed by atoms with van der Waals surface area (Å²) in [6.07, 6.45) is 7.00. The highest BCUT2D eigenvalue weighted by Gasteiger charge is 2.41. The second-order valence-electron chi connectivity index (χ2n) is 5.22. The molecular weight excluding hydrogens is 254 g/mol. The van der Waals surface area contributed by atoms with Gasteiger partial charge >= 0.3 is 0 Å². The van der Waals surface area contributed by atoms with Gasteiger partial charge < -0.3 is 4.90 Å². The summed E-state index contributed by atoms with van der Waals surface area (Å²) in [5.41, 5.74) is -0.0369.